The van der Waals surface area contributed by atoms with Gasteiger partial charge in [-0.1, -0.05) is 83.6 Å². The molecule has 0 spiro atoms. The molecular weight excluding hydrogens is 884 g/mol. The first-order chi connectivity index (χ1) is 27.1. The van der Waals surface area contributed by atoms with Crippen molar-refractivity contribution in [2.75, 3.05) is 60.7 Å². The molecule has 0 saturated heterocycles. The Morgan fingerprint density at radius 2 is 0.983 bits per heavy atom. The fraction of sp³-hybridized carbons (Fsp3) is 0.943. The highest BCUT2D eigenvalue weighted by atomic mass is 31.2. The Kier molecular flexibility index (Phi) is 23.4. The van der Waals surface area contributed by atoms with Crippen molar-refractivity contribution < 1.29 is 107 Å². The fourth-order valence-electron chi connectivity index (χ4n) is 5.01. The smallest absolute Gasteiger partial charge is 0.460 e. The Labute approximate surface area is 338 Å². The number of ether oxygens (including phenoxy) is 2. The monoisotopic (exact) mass is 939 g/mol. The summed E-state index contributed by atoms with van der Waals surface area (Å²) in [6.45, 7) is 0.777. The lowest BCUT2D eigenvalue weighted by molar-refractivity contribution is -0.870. The van der Waals surface area contributed by atoms with E-state index in [9.17, 15) is 84.1 Å². The van der Waals surface area contributed by atoms with Crippen LogP contribution in [0.3, 0.4) is 0 Å². The maximum atomic E-state index is 14.1. The third-order valence-corrected chi connectivity index (χ3v) is 9.78. The summed E-state index contributed by atoms with van der Waals surface area (Å²) in [5, 5.41) is 0. The summed E-state index contributed by atoms with van der Waals surface area (Å²) < 4.78 is 262. The van der Waals surface area contributed by atoms with Crippen molar-refractivity contribution in [2.45, 2.75) is 151 Å². The first kappa shape index (κ1) is 58.5. The Morgan fingerprint density at radius 1 is 0.550 bits per heavy atom. The van der Waals surface area contributed by atoms with E-state index in [1.165, 1.54) is 32.1 Å². The van der Waals surface area contributed by atoms with Gasteiger partial charge in [-0.2, -0.15) is 74.6 Å². The number of quaternary nitrogens is 1. The molecule has 25 heteroatoms. The lowest BCUT2D eigenvalue weighted by Crippen LogP contribution is -2.74. The first-order valence-electron chi connectivity index (χ1n) is 19.1. The van der Waals surface area contributed by atoms with Gasteiger partial charge in [0.1, 0.15) is 19.3 Å². The third kappa shape index (κ3) is 16.9. The van der Waals surface area contributed by atoms with Crippen LogP contribution in [0.2, 0.25) is 0 Å². The largest absolute Gasteiger partial charge is 0.756 e. The van der Waals surface area contributed by atoms with Crippen molar-refractivity contribution in [3.8, 4) is 0 Å². The van der Waals surface area contributed by atoms with Gasteiger partial charge in [0.05, 0.1) is 34.4 Å². The predicted molar refractivity (Wildman–Crippen MR) is 183 cm³/mol. The topological polar surface area (TPSA) is 77.1 Å². The molecule has 0 amide bonds. The van der Waals surface area contributed by atoms with E-state index in [0.29, 0.717) is 10.9 Å². The van der Waals surface area contributed by atoms with Crippen molar-refractivity contribution in [3.05, 3.63) is 12.2 Å². The number of hydrogen-bond acceptors (Lipinski definition) is 6. The molecule has 0 aromatic rings. The molecule has 360 valence electrons. The molecule has 0 aliphatic rings. The second-order valence-electron chi connectivity index (χ2n) is 15.2. The Morgan fingerprint density at radius 3 is 1.43 bits per heavy atom. The summed E-state index contributed by atoms with van der Waals surface area (Å²) in [7, 11) is 0.471. The van der Waals surface area contributed by atoms with E-state index in [1.807, 2.05) is 0 Å². The minimum absolute atomic E-state index is 0.0813. The molecule has 2 atom stereocenters. The lowest BCUT2D eigenvalue weighted by atomic mass is 9.89. The molecule has 0 aliphatic heterocycles. The molecule has 0 N–H and O–H groups in total. The fourth-order valence-corrected chi connectivity index (χ4v) is 5.73. The first-order valence-corrected chi connectivity index (χ1v) is 20.5. The van der Waals surface area contributed by atoms with Crippen LogP contribution in [0, 0.1) is 0 Å². The number of allylic oxidation sites excluding steroid dienone is 2. The zero-order chi connectivity index (χ0) is 47.0. The molecule has 2 unspecified atom stereocenters. The highest BCUT2D eigenvalue weighted by Gasteiger charge is 2.95. The predicted octanol–water partition coefficient (Wildman–Crippen LogP) is 11.6. The van der Waals surface area contributed by atoms with Gasteiger partial charge in [-0.25, -0.2) is 0 Å². The number of phosphoric acid groups is 1. The molecule has 0 aromatic heterocycles. The van der Waals surface area contributed by atoms with Gasteiger partial charge in [0.25, 0.3) is 7.82 Å². The van der Waals surface area contributed by atoms with Gasteiger partial charge < -0.3 is 27.9 Å². The van der Waals surface area contributed by atoms with Gasteiger partial charge in [0.15, 0.2) is 0 Å². The second-order valence-corrected chi connectivity index (χ2v) is 16.6. The molecule has 0 saturated carbocycles. The van der Waals surface area contributed by atoms with Gasteiger partial charge in [-0.05, 0) is 25.3 Å². The van der Waals surface area contributed by atoms with Crippen LogP contribution in [-0.4, -0.2) is 119 Å². The van der Waals surface area contributed by atoms with E-state index in [0.717, 1.165) is 38.5 Å². The normalized spacial score (nSPS) is 16.2. The molecule has 0 fully saturated rings. The van der Waals surface area contributed by atoms with Crippen LogP contribution in [0.4, 0.5) is 74.6 Å². The van der Waals surface area contributed by atoms with Crippen LogP contribution in [0.25, 0.3) is 0 Å². The zero-order valence-corrected chi connectivity index (χ0v) is 34.5. The highest BCUT2D eigenvalue weighted by Crippen LogP contribution is 2.64. The van der Waals surface area contributed by atoms with Crippen LogP contribution >= 0.6 is 7.82 Å². The summed E-state index contributed by atoms with van der Waals surface area (Å²) in [6, 6.07) is 0. The molecule has 0 radical (unpaired) electrons. The zero-order valence-electron chi connectivity index (χ0n) is 33.6. The van der Waals surface area contributed by atoms with Crippen LogP contribution in [-0.2, 0) is 23.1 Å². The molecule has 0 bridgehead atoms. The molecule has 0 aromatic carbocycles. The van der Waals surface area contributed by atoms with Gasteiger partial charge in [-0.3, -0.25) is 4.57 Å². The molecule has 0 heterocycles. The van der Waals surface area contributed by atoms with E-state index < -0.39 is 100 Å². The van der Waals surface area contributed by atoms with E-state index in [1.54, 1.807) is 21.1 Å². The maximum Gasteiger partial charge on any atom is 0.460 e. The minimum atomic E-state index is -8.69. The molecule has 60 heavy (non-hydrogen) atoms. The van der Waals surface area contributed by atoms with Gasteiger partial charge in [0.2, 0.25) is 0 Å². The van der Waals surface area contributed by atoms with Crippen LogP contribution in [0.1, 0.15) is 96.8 Å². The van der Waals surface area contributed by atoms with Gasteiger partial charge >= 0.3 is 47.6 Å². The molecule has 0 aliphatic carbocycles. The van der Waals surface area contributed by atoms with Crippen LogP contribution < -0.4 is 4.89 Å². The average molecular weight is 940 g/mol. The minimum Gasteiger partial charge on any atom is -0.756 e. The highest BCUT2D eigenvalue weighted by molar-refractivity contribution is 7.45. The number of likely N-dealkylation sites (N-methyl/N-ethyl adjacent to an activating group) is 1. The van der Waals surface area contributed by atoms with E-state index in [-0.39, 0.29) is 25.8 Å². The summed E-state index contributed by atoms with van der Waals surface area (Å²) in [5.74, 6) is -56.9. The molecule has 0 rings (SSSR count). The van der Waals surface area contributed by atoms with E-state index in [4.69, 9.17) is 18.5 Å². The third-order valence-electron chi connectivity index (χ3n) is 8.82. The van der Waals surface area contributed by atoms with Crippen molar-refractivity contribution >= 4 is 7.82 Å². The SMILES string of the molecule is CCCCCCCCCCCCCCOC(COCCC/C=C/C(F)(F)C(F)(F)C(F)(F)C(F)(F)C(F)(F)C(F)(F)C(F)(F)C(F)(F)F)COP(=O)([O-])OCC[N+](C)(C)C. The maximum absolute atomic E-state index is 14.1. The summed E-state index contributed by atoms with van der Waals surface area (Å²) in [6.07, 6.45) is 1.03. The number of hydrogen-bond donors (Lipinski definition) is 0. The van der Waals surface area contributed by atoms with Gasteiger partial charge in [-0.15, -0.1) is 0 Å². The Bertz CT molecular complexity index is 1300. The number of nitrogens with zero attached hydrogens (tertiary/aromatic N) is 1. The number of halogens is 17. The quantitative estimate of drug-likeness (QED) is 0.0210. The second kappa shape index (κ2) is 24.0. The Hall–Kier alpha value is -1.46. The summed E-state index contributed by atoms with van der Waals surface area (Å²) in [5.41, 5.74) is 0. The van der Waals surface area contributed by atoms with Crippen LogP contribution in [0.15, 0.2) is 12.2 Å². The van der Waals surface area contributed by atoms with Crippen molar-refractivity contribution in [1.82, 2.24) is 0 Å². The summed E-state index contributed by atoms with van der Waals surface area (Å²) >= 11 is 0. The number of alkyl halides is 17. The van der Waals surface area contributed by atoms with Crippen molar-refractivity contribution in [2.24, 2.45) is 0 Å². The standard InChI is InChI=1S/C35H55F17NO6P/c1-5-6-7-8-9-10-11-12-13-14-15-19-23-57-27(26-59-60(54,55)58-24-21-53(2,3)4)25-56-22-18-16-17-20-28(36,37)29(38,39)30(40,41)31(42,43)32(44,45)33(46,47)34(48,49)35(50,51)52/h17,20,27H,5-16,18-19,21-26H2,1-4H3/b20-17+. The van der Waals surface area contributed by atoms with E-state index >= 15 is 0 Å². The van der Waals surface area contributed by atoms with E-state index in [2.05, 4.69) is 6.92 Å². The number of rotatable bonds is 34. The molecular formula is C35H55F17NO6P. The number of unbranched alkanes of at least 4 members (excludes halogenated alkanes) is 12. The van der Waals surface area contributed by atoms with Gasteiger partial charge in [0, 0.05) is 13.2 Å². The average Bonchev–Trinajstić information content (AvgIpc) is 3.10. The lowest BCUT2D eigenvalue weighted by Gasteiger charge is -2.42. The summed E-state index contributed by atoms with van der Waals surface area (Å²) in [4.78, 5) is 12.2. The Balaban J connectivity index is 5.39. The number of phosphoric ester groups is 1. The van der Waals surface area contributed by atoms with Crippen molar-refractivity contribution in [3.63, 3.8) is 0 Å². The van der Waals surface area contributed by atoms with Crippen LogP contribution in [0.5, 0.6) is 0 Å². The molecule has 7 nitrogen and oxygen atoms in total. The van der Waals surface area contributed by atoms with Crippen molar-refractivity contribution in [1.29, 1.82) is 0 Å².